The molecule has 0 spiro atoms. The Labute approximate surface area is 148 Å². The van der Waals surface area contributed by atoms with Crippen molar-refractivity contribution in [2.45, 2.75) is 18.2 Å². The summed E-state index contributed by atoms with van der Waals surface area (Å²) in [7, 11) is -3.69. The summed E-state index contributed by atoms with van der Waals surface area (Å²) < 4.78 is 22.6. The fraction of sp³-hybridized carbons (Fsp3) is 0.133. The Hall–Kier alpha value is -1.87. The zero-order valence-corrected chi connectivity index (χ0v) is 15.0. The summed E-state index contributed by atoms with van der Waals surface area (Å²) in [6.07, 6.45) is 0.560. The van der Waals surface area contributed by atoms with Crippen LogP contribution in [-0.4, -0.2) is 23.6 Å². The van der Waals surface area contributed by atoms with Crippen LogP contribution in [0.4, 0.5) is 0 Å². The number of sulfonamides is 1. The predicted molar refractivity (Wildman–Crippen MR) is 93.5 cm³/mol. The van der Waals surface area contributed by atoms with Crippen molar-refractivity contribution in [3.63, 3.8) is 0 Å². The Morgan fingerprint density at radius 2 is 1.83 bits per heavy atom. The van der Waals surface area contributed by atoms with Crippen molar-refractivity contribution >= 4 is 33.0 Å². The maximum Gasteiger partial charge on any atom is 0.238 e. The van der Waals surface area contributed by atoms with Crippen LogP contribution >= 0.6 is 22.9 Å². The van der Waals surface area contributed by atoms with Gasteiger partial charge < -0.3 is 0 Å². The summed E-state index contributed by atoms with van der Waals surface area (Å²) in [5.41, 5.74) is 2.55. The van der Waals surface area contributed by atoms with Crippen molar-refractivity contribution in [1.82, 2.24) is 15.2 Å². The lowest BCUT2D eigenvalue weighted by molar-refractivity contribution is 0.598. The van der Waals surface area contributed by atoms with Gasteiger partial charge in [0.1, 0.15) is 0 Å². The van der Waals surface area contributed by atoms with Crippen LogP contribution in [0.3, 0.4) is 0 Å². The highest BCUT2D eigenvalue weighted by atomic mass is 35.5. The van der Waals surface area contributed by atoms with Crippen LogP contribution in [0.25, 0.3) is 10.4 Å². The van der Waals surface area contributed by atoms with Gasteiger partial charge >= 0.3 is 0 Å². The van der Waals surface area contributed by atoms with Crippen LogP contribution in [0.5, 0.6) is 0 Å². The minimum atomic E-state index is -3.69. The number of rotatable bonds is 4. The molecule has 124 valence electrons. The molecule has 0 bridgehead atoms. The van der Waals surface area contributed by atoms with Crippen LogP contribution in [-0.2, 0) is 16.4 Å². The van der Waals surface area contributed by atoms with E-state index < -0.39 is 10.0 Å². The van der Waals surface area contributed by atoms with E-state index in [0.29, 0.717) is 11.6 Å². The van der Waals surface area contributed by atoms with E-state index in [2.05, 4.69) is 15.2 Å². The van der Waals surface area contributed by atoms with Gasteiger partial charge in [-0.05, 0) is 36.8 Å². The maximum atomic E-state index is 11.3. The lowest BCUT2D eigenvalue weighted by Gasteiger charge is -2.01. The number of hydrogen-bond acceptors (Lipinski definition) is 6. The Kier molecular flexibility index (Phi) is 4.64. The molecule has 3 rings (SSSR count). The van der Waals surface area contributed by atoms with Crippen molar-refractivity contribution in [1.29, 1.82) is 0 Å². The number of hydrogen-bond donors (Lipinski definition) is 1. The van der Waals surface area contributed by atoms with E-state index in [0.717, 1.165) is 26.8 Å². The molecule has 2 N–H and O–H groups in total. The zero-order valence-electron chi connectivity index (χ0n) is 12.6. The first kappa shape index (κ1) is 17.0. The standard InChI is InChI=1S/C15H13ClN4O2S2/c1-9-15(10-2-5-12(6-3-10)24(17,21)22)23-14(18-9)8-11-4-7-13(16)20-19-11/h2-7H,8H2,1H3,(H2,17,21,22). The van der Waals surface area contributed by atoms with Gasteiger partial charge in [0.05, 0.1) is 26.2 Å². The highest BCUT2D eigenvalue weighted by Crippen LogP contribution is 2.31. The summed E-state index contributed by atoms with van der Waals surface area (Å²) in [4.78, 5) is 5.62. The third kappa shape index (κ3) is 3.78. The summed E-state index contributed by atoms with van der Waals surface area (Å²) in [6, 6.07) is 9.95. The molecule has 1 aromatic carbocycles. The minimum Gasteiger partial charge on any atom is -0.245 e. The number of primary sulfonamides is 1. The van der Waals surface area contributed by atoms with Crippen LogP contribution in [0.15, 0.2) is 41.3 Å². The number of halogens is 1. The molecule has 0 amide bonds. The van der Waals surface area contributed by atoms with Crippen LogP contribution in [0, 0.1) is 6.92 Å². The lowest BCUT2D eigenvalue weighted by atomic mass is 10.2. The monoisotopic (exact) mass is 380 g/mol. The molecule has 3 aromatic rings. The number of aromatic nitrogens is 3. The fourth-order valence-electron chi connectivity index (χ4n) is 2.18. The van der Waals surface area contributed by atoms with E-state index >= 15 is 0 Å². The number of aryl methyl sites for hydroxylation is 1. The normalized spacial score (nSPS) is 11.6. The van der Waals surface area contributed by atoms with Gasteiger partial charge in [-0.3, -0.25) is 0 Å². The van der Waals surface area contributed by atoms with Gasteiger partial charge in [-0.15, -0.1) is 16.4 Å². The molecule has 0 saturated carbocycles. The maximum absolute atomic E-state index is 11.3. The molecule has 2 aromatic heterocycles. The highest BCUT2D eigenvalue weighted by Gasteiger charge is 2.13. The number of nitrogens with zero attached hydrogens (tertiary/aromatic N) is 3. The second-order valence-electron chi connectivity index (χ2n) is 5.12. The molecule has 0 aliphatic carbocycles. The molecule has 0 aliphatic rings. The van der Waals surface area contributed by atoms with Crippen LogP contribution < -0.4 is 5.14 Å². The molecule has 0 fully saturated rings. The van der Waals surface area contributed by atoms with Crippen molar-refractivity contribution in [2.24, 2.45) is 5.14 Å². The van der Waals surface area contributed by atoms with Crippen LogP contribution in [0.1, 0.15) is 16.4 Å². The Morgan fingerprint density at radius 3 is 2.42 bits per heavy atom. The topological polar surface area (TPSA) is 98.8 Å². The molecule has 0 aliphatic heterocycles. The van der Waals surface area contributed by atoms with Gasteiger partial charge in [0.15, 0.2) is 5.15 Å². The van der Waals surface area contributed by atoms with Crippen molar-refractivity contribution in [2.75, 3.05) is 0 Å². The van der Waals surface area contributed by atoms with Crippen molar-refractivity contribution in [3.8, 4) is 10.4 Å². The third-order valence-electron chi connectivity index (χ3n) is 3.31. The van der Waals surface area contributed by atoms with E-state index in [4.69, 9.17) is 16.7 Å². The molecular weight excluding hydrogens is 368 g/mol. The van der Waals surface area contributed by atoms with E-state index in [1.54, 1.807) is 18.2 Å². The summed E-state index contributed by atoms with van der Waals surface area (Å²) in [5, 5.41) is 14.2. The van der Waals surface area contributed by atoms with Crippen LogP contribution in [0.2, 0.25) is 5.15 Å². The predicted octanol–water partition coefficient (Wildman–Crippen LogP) is 2.80. The first-order valence-electron chi connectivity index (χ1n) is 6.90. The number of nitrogens with two attached hydrogens (primary N) is 1. The second-order valence-corrected chi connectivity index (χ2v) is 8.15. The van der Waals surface area contributed by atoms with Gasteiger partial charge in [-0.2, -0.15) is 5.10 Å². The second kappa shape index (κ2) is 6.56. The Balaban J connectivity index is 1.87. The SMILES string of the molecule is Cc1nc(Cc2ccc(Cl)nn2)sc1-c1ccc(S(N)(=O)=O)cc1. The molecule has 0 saturated heterocycles. The molecule has 9 heteroatoms. The quantitative estimate of drug-likeness (QED) is 0.750. The smallest absolute Gasteiger partial charge is 0.238 e. The number of thiazole rings is 1. The minimum absolute atomic E-state index is 0.0880. The van der Waals surface area contributed by atoms with Gasteiger partial charge in [-0.1, -0.05) is 23.7 Å². The fourth-order valence-corrected chi connectivity index (χ4v) is 3.89. The molecule has 2 heterocycles. The molecular formula is C15H13ClN4O2S2. The van der Waals surface area contributed by atoms with Crippen molar-refractivity contribution < 1.29 is 8.42 Å². The molecule has 24 heavy (non-hydrogen) atoms. The molecule has 0 unspecified atom stereocenters. The molecule has 6 nitrogen and oxygen atoms in total. The Morgan fingerprint density at radius 1 is 1.12 bits per heavy atom. The average Bonchev–Trinajstić information content (AvgIpc) is 2.89. The third-order valence-corrected chi connectivity index (χ3v) is 5.64. The van der Waals surface area contributed by atoms with E-state index in [1.165, 1.54) is 23.5 Å². The van der Waals surface area contributed by atoms with Gasteiger partial charge in [0.25, 0.3) is 0 Å². The van der Waals surface area contributed by atoms with Gasteiger partial charge in [-0.25, -0.2) is 18.5 Å². The highest BCUT2D eigenvalue weighted by molar-refractivity contribution is 7.89. The molecule has 0 atom stereocenters. The lowest BCUT2D eigenvalue weighted by Crippen LogP contribution is -2.11. The number of benzene rings is 1. The summed E-state index contributed by atoms with van der Waals surface area (Å²) >= 11 is 7.26. The van der Waals surface area contributed by atoms with Crippen molar-refractivity contribution in [3.05, 3.63) is 57.9 Å². The van der Waals surface area contributed by atoms with E-state index in [9.17, 15) is 8.42 Å². The zero-order chi connectivity index (χ0) is 17.3. The van der Waals surface area contributed by atoms with E-state index in [-0.39, 0.29) is 4.90 Å². The Bertz CT molecular complexity index is 968. The summed E-state index contributed by atoms with van der Waals surface area (Å²) in [6.45, 7) is 1.91. The summed E-state index contributed by atoms with van der Waals surface area (Å²) in [5.74, 6) is 0. The first-order valence-corrected chi connectivity index (χ1v) is 9.64. The first-order chi connectivity index (χ1) is 11.3. The molecule has 0 radical (unpaired) electrons. The average molecular weight is 381 g/mol. The largest absolute Gasteiger partial charge is 0.245 e. The van der Waals surface area contributed by atoms with Gasteiger partial charge in [0, 0.05) is 6.42 Å². The van der Waals surface area contributed by atoms with Gasteiger partial charge in [0.2, 0.25) is 10.0 Å². The van der Waals surface area contributed by atoms with E-state index in [1.807, 2.05) is 13.0 Å².